The van der Waals surface area contributed by atoms with Crippen molar-refractivity contribution in [3.63, 3.8) is 0 Å². The number of nitrogens with one attached hydrogen (secondary N) is 1. The van der Waals surface area contributed by atoms with Gasteiger partial charge in [-0.3, -0.25) is 14.7 Å². The molecule has 3 aliphatic rings. The zero-order chi connectivity index (χ0) is 19.3. The number of carbonyl (C=O) groups excluding carboxylic acids is 2. The molecule has 3 saturated heterocycles. The fourth-order valence-corrected chi connectivity index (χ4v) is 6.41. The number of nitrogens with zero attached hydrogens (tertiary/aromatic N) is 3. The monoisotopic (exact) mass is 478 g/mol. The molecule has 0 bridgehead atoms. The molecule has 3 unspecified atom stereocenters. The number of amides is 3. The van der Waals surface area contributed by atoms with Gasteiger partial charge in [-0.25, -0.2) is 4.79 Å². The Balaban J connectivity index is 1.43. The van der Waals surface area contributed by atoms with Gasteiger partial charge >= 0.3 is 6.03 Å². The first-order valence-corrected chi connectivity index (χ1v) is 11.9. The van der Waals surface area contributed by atoms with Crippen molar-refractivity contribution >= 4 is 51.0 Å². The van der Waals surface area contributed by atoms with Crippen LogP contribution in [0.15, 0.2) is 46.3 Å². The SMILES string of the molecule is O=C1C2SCCC2N2C(=O)N(Cc3ccc(Br)cc3)NC2N1Cc1cccs1. The van der Waals surface area contributed by atoms with Crippen LogP contribution in [0.3, 0.4) is 0 Å². The molecule has 2 aromatic rings. The average Bonchev–Trinajstić information content (AvgIpc) is 3.42. The molecule has 9 heteroatoms. The molecule has 1 aromatic heterocycles. The van der Waals surface area contributed by atoms with Gasteiger partial charge in [0.2, 0.25) is 5.91 Å². The van der Waals surface area contributed by atoms with Crippen LogP contribution >= 0.6 is 39.0 Å². The molecule has 0 aliphatic carbocycles. The predicted octanol–water partition coefficient (Wildman–Crippen LogP) is 3.45. The largest absolute Gasteiger partial charge is 0.337 e. The Bertz CT molecular complexity index is 892. The van der Waals surface area contributed by atoms with Gasteiger partial charge in [-0.15, -0.1) is 23.1 Å². The summed E-state index contributed by atoms with van der Waals surface area (Å²) in [5.74, 6) is 1.05. The molecule has 6 nitrogen and oxygen atoms in total. The summed E-state index contributed by atoms with van der Waals surface area (Å²) in [5, 5.41) is 3.50. The van der Waals surface area contributed by atoms with Gasteiger partial charge in [0.1, 0.15) is 5.25 Å². The molecule has 3 aliphatic heterocycles. The summed E-state index contributed by atoms with van der Waals surface area (Å²) >= 11 is 6.75. The van der Waals surface area contributed by atoms with E-state index < -0.39 is 6.29 Å². The zero-order valence-corrected chi connectivity index (χ0v) is 18.2. The van der Waals surface area contributed by atoms with Gasteiger partial charge in [0.25, 0.3) is 0 Å². The summed E-state index contributed by atoms with van der Waals surface area (Å²) in [5.41, 5.74) is 4.35. The minimum absolute atomic E-state index is 0.0306. The number of benzene rings is 1. The molecule has 5 rings (SSSR count). The Morgan fingerprint density at radius 1 is 1.14 bits per heavy atom. The van der Waals surface area contributed by atoms with Crippen LogP contribution in [0, 0.1) is 0 Å². The van der Waals surface area contributed by atoms with Crippen molar-refractivity contribution in [1.82, 2.24) is 20.2 Å². The van der Waals surface area contributed by atoms with E-state index in [0.29, 0.717) is 13.1 Å². The van der Waals surface area contributed by atoms with Gasteiger partial charge in [0.15, 0.2) is 6.29 Å². The first kappa shape index (κ1) is 18.5. The number of thioether (sulfide) groups is 1. The number of hydrazine groups is 1. The Kier molecular flexibility index (Phi) is 4.86. The van der Waals surface area contributed by atoms with Gasteiger partial charge in [-0.05, 0) is 41.3 Å². The second kappa shape index (κ2) is 7.37. The van der Waals surface area contributed by atoms with E-state index in [1.807, 2.05) is 51.6 Å². The van der Waals surface area contributed by atoms with E-state index >= 15 is 0 Å². The quantitative estimate of drug-likeness (QED) is 0.730. The molecule has 3 atom stereocenters. The fourth-order valence-electron chi connectivity index (χ4n) is 4.05. The predicted molar refractivity (Wildman–Crippen MR) is 113 cm³/mol. The van der Waals surface area contributed by atoms with Crippen LogP contribution in [0.1, 0.15) is 16.9 Å². The molecule has 1 aromatic carbocycles. The lowest BCUT2D eigenvalue weighted by molar-refractivity contribution is -0.145. The molecule has 4 heterocycles. The second-order valence-electron chi connectivity index (χ2n) is 7.10. The lowest BCUT2D eigenvalue weighted by Crippen LogP contribution is -2.65. The third kappa shape index (κ3) is 3.14. The number of urea groups is 1. The van der Waals surface area contributed by atoms with Crippen LogP contribution < -0.4 is 5.43 Å². The third-order valence-electron chi connectivity index (χ3n) is 5.39. The molecule has 0 spiro atoms. The number of thiophene rings is 1. The summed E-state index contributed by atoms with van der Waals surface area (Å²) in [7, 11) is 0. The maximum absolute atomic E-state index is 13.2. The molecule has 146 valence electrons. The number of carbonyl (C=O) groups is 2. The fraction of sp³-hybridized carbons (Fsp3) is 0.368. The smallest absolute Gasteiger partial charge is 0.302 e. The molecule has 0 saturated carbocycles. The van der Waals surface area contributed by atoms with Crippen LogP contribution in [-0.4, -0.2) is 50.1 Å². The molecule has 28 heavy (non-hydrogen) atoms. The molecule has 3 amide bonds. The number of hydrogen-bond donors (Lipinski definition) is 1. The highest BCUT2D eigenvalue weighted by molar-refractivity contribution is 9.10. The van der Waals surface area contributed by atoms with E-state index in [-0.39, 0.29) is 23.2 Å². The van der Waals surface area contributed by atoms with E-state index in [1.54, 1.807) is 28.1 Å². The van der Waals surface area contributed by atoms with Crippen LogP contribution in [0.4, 0.5) is 4.79 Å². The minimum atomic E-state index is -0.419. The standard InChI is InChI=1S/C19H19BrN4O2S2/c20-13-5-3-12(4-6-13)10-23-19(26)24-15-7-9-28-16(15)17(25)22(18(24)21-23)11-14-2-1-8-27-14/h1-6,8,15-16,18,21H,7,9-11H2. The van der Waals surface area contributed by atoms with E-state index in [9.17, 15) is 9.59 Å². The first-order valence-electron chi connectivity index (χ1n) is 9.17. The maximum Gasteiger partial charge on any atom is 0.337 e. The van der Waals surface area contributed by atoms with Gasteiger partial charge in [0, 0.05) is 9.35 Å². The Labute approximate surface area is 180 Å². The number of hydrogen-bond acceptors (Lipinski definition) is 5. The molecular formula is C19H19BrN4O2S2. The Morgan fingerprint density at radius 3 is 2.71 bits per heavy atom. The zero-order valence-electron chi connectivity index (χ0n) is 15.0. The summed E-state index contributed by atoms with van der Waals surface area (Å²) in [6.45, 7) is 0.985. The molecule has 1 N–H and O–H groups in total. The first-order chi connectivity index (χ1) is 13.6. The summed E-state index contributed by atoms with van der Waals surface area (Å²) in [4.78, 5) is 31.3. The van der Waals surface area contributed by atoms with Crippen molar-refractivity contribution in [2.45, 2.75) is 37.1 Å². The van der Waals surface area contributed by atoms with Crippen molar-refractivity contribution in [1.29, 1.82) is 0 Å². The number of fused-ring (bicyclic) bond motifs is 3. The average molecular weight is 479 g/mol. The molecular weight excluding hydrogens is 460 g/mol. The van der Waals surface area contributed by atoms with E-state index in [0.717, 1.165) is 27.1 Å². The Hall–Kier alpha value is -1.55. The number of halogens is 1. The van der Waals surface area contributed by atoms with E-state index in [2.05, 4.69) is 21.4 Å². The third-order valence-corrected chi connectivity index (χ3v) is 8.12. The number of rotatable bonds is 4. The van der Waals surface area contributed by atoms with Crippen LogP contribution in [-0.2, 0) is 17.9 Å². The Morgan fingerprint density at radius 2 is 1.96 bits per heavy atom. The highest BCUT2D eigenvalue weighted by atomic mass is 79.9. The van der Waals surface area contributed by atoms with Crippen LogP contribution in [0.5, 0.6) is 0 Å². The van der Waals surface area contributed by atoms with Gasteiger partial charge in [0.05, 0.1) is 19.1 Å². The summed E-state index contributed by atoms with van der Waals surface area (Å²) in [6, 6.07) is 11.9. The van der Waals surface area contributed by atoms with Crippen LogP contribution in [0.25, 0.3) is 0 Å². The van der Waals surface area contributed by atoms with Crippen molar-refractivity contribution < 1.29 is 9.59 Å². The normalized spacial score (nSPS) is 26.8. The minimum Gasteiger partial charge on any atom is -0.302 e. The topological polar surface area (TPSA) is 55.9 Å². The van der Waals surface area contributed by atoms with Gasteiger partial charge in [-0.2, -0.15) is 5.43 Å². The highest BCUT2D eigenvalue weighted by Crippen LogP contribution is 2.40. The lowest BCUT2D eigenvalue weighted by atomic mass is 10.1. The van der Waals surface area contributed by atoms with Crippen LogP contribution in [0.2, 0.25) is 0 Å². The van der Waals surface area contributed by atoms with Gasteiger partial charge < -0.3 is 4.90 Å². The summed E-state index contributed by atoms with van der Waals surface area (Å²) < 4.78 is 1.01. The molecule has 3 fully saturated rings. The summed E-state index contributed by atoms with van der Waals surface area (Å²) in [6.07, 6.45) is 0.446. The maximum atomic E-state index is 13.2. The van der Waals surface area contributed by atoms with Crippen molar-refractivity contribution in [2.75, 3.05) is 5.75 Å². The van der Waals surface area contributed by atoms with E-state index in [4.69, 9.17) is 0 Å². The van der Waals surface area contributed by atoms with E-state index in [1.165, 1.54) is 0 Å². The highest BCUT2D eigenvalue weighted by Gasteiger charge is 2.55. The molecule has 0 radical (unpaired) electrons. The van der Waals surface area contributed by atoms with Crippen molar-refractivity contribution in [3.8, 4) is 0 Å². The van der Waals surface area contributed by atoms with Crippen molar-refractivity contribution in [3.05, 3.63) is 56.7 Å². The second-order valence-corrected chi connectivity index (χ2v) is 10.3. The lowest BCUT2D eigenvalue weighted by Gasteiger charge is -2.44. The van der Waals surface area contributed by atoms with Crippen molar-refractivity contribution in [2.24, 2.45) is 0 Å². The van der Waals surface area contributed by atoms with Gasteiger partial charge in [-0.1, -0.05) is 34.1 Å².